The predicted octanol–water partition coefficient (Wildman–Crippen LogP) is 4.04. The molecular weight excluding hydrogens is 353 g/mol. The molecule has 3 rings (SSSR count). The highest BCUT2D eigenvalue weighted by molar-refractivity contribution is 6.02. The Labute approximate surface area is 154 Å². The van der Waals surface area contributed by atoms with Crippen LogP contribution in [0.5, 0.6) is 5.75 Å². The summed E-state index contributed by atoms with van der Waals surface area (Å²) in [7, 11) is 1.23. The number of carbonyl (C=O) groups excluding carboxylic acids is 2. The fourth-order valence-electron chi connectivity index (χ4n) is 2.40. The average molecular weight is 369 g/mol. The number of esters is 1. The van der Waals surface area contributed by atoms with Gasteiger partial charge in [0.1, 0.15) is 18.2 Å². The zero-order chi connectivity index (χ0) is 19.2. The normalized spacial score (nSPS) is 10.3. The van der Waals surface area contributed by atoms with Gasteiger partial charge in [0.2, 0.25) is 0 Å². The van der Waals surface area contributed by atoms with E-state index in [0.29, 0.717) is 17.0 Å². The summed E-state index contributed by atoms with van der Waals surface area (Å²) in [6, 6.07) is 13.7. The summed E-state index contributed by atoms with van der Waals surface area (Å²) in [5.74, 6) is -0.916. The molecule has 0 atom stereocenters. The maximum Gasteiger partial charge on any atom is 0.338 e. The van der Waals surface area contributed by atoms with Crippen molar-refractivity contribution in [2.45, 2.75) is 6.61 Å². The molecule has 1 amide bonds. The largest absolute Gasteiger partial charge is 0.489 e. The first-order valence-electron chi connectivity index (χ1n) is 8.01. The van der Waals surface area contributed by atoms with Crippen LogP contribution < -0.4 is 10.1 Å². The van der Waals surface area contributed by atoms with Gasteiger partial charge in [-0.05, 0) is 36.4 Å². The lowest BCUT2D eigenvalue weighted by atomic mass is 10.1. The molecule has 27 heavy (non-hydrogen) atoms. The summed E-state index contributed by atoms with van der Waals surface area (Å²) in [4.78, 5) is 23.8. The lowest BCUT2D eigenvalue weighted by molar-refractivity contribution is 0.0597. The first-order chi connectivity index (χ1) is 13.1. The molecule has 0 aliphatic rings. The Kier molecular flexibility index (Phi) is 5.51. The zero-order valence-corrected chi connectivity index (χ0v) is 14.4. The van der Waals surface area contributed by atoms with Gasteiger partial charge in [0.15, 0.2) is 5.76 Å². The van der Waals surface area contributed by atoms with Crippen LogP contribution in [0.4, 0.5) is 10.1 Å². The standard InChI is InChI=1S/C20H16FNO5/c1-25-20(24)17-10-14(21)8-7-13(17)12-27-16-5-2-4-15(11-16)22-19(23)18-6-3-9-26-18/h2-11H,12H2,1H3,(H,22,23). The van der Waals surface area contributed by atoms with Crippen molar-refractivity contribution in [1.29, 1.82) is 0 Å². The molecule has 0 radical (unpaired) electrons. The van der Waals surface area contributed by atoms with Crippen molar-refractivity contribution in [2.75, 3.05) is 12.4 Å². The predicted molar refractivity (Wildman–Crippen MR) is 95.2 cm³/mol. The molecule has 0 fully saturated rings. The molecule has 0 aliphatic heterocycles. The summed E-state index contributed by atoms with van der Waals surface area (Å²) < 4.78 is 28.8. The number of benzene rings is 2. The Morgan fingerprint density at radius 3 is 2.70 bits per heavy atom. The minimum atomic E-state index is -0.646. The minimum absolute atomic E-state index is 0.0281. The summed E-state index contributed by atoms with van der Waals surface area (Å²) in [6.07, 6.45) is 1.41. The van der Waals surface area contributed by atoms with Gasteiger partial charge in [-0.3, -0.25) is 4.79 Å². The fraction of sp³-hybridized carbons (Fsp3) is 0.100. The number of ether oxygens (including phenoxy) is 2. The van der Waals surface area contributed by atoms with Gasteiger partial charge in [-0.1, -0.05) is 12.1 Å². The van der Waals surface area contributed by atoms with E-state index in [-0.39, 0.29) is 23.8 Å². The molecule has 3 aromatic rings. The number of carbonyl (C=O) groups is 2. The third-order valence-corrected chi connectivity index (χ3v) is 3.71. The van der Waals surface area contributed by atoms with E-state index in [1.807, 2.05) is 0 Å². The summed E-state index contributed by atoms with van der Waals surface area (Å²) in [5.41, 5.74) is 1.09. The van der Waals surface area contributed by atoms with Crippen LogP contribution in [-0.2, 0) is 11.3 Å². The van der Waals surface area contributed by atoms with Crippen molar-refractivity contribution < 1.29 is 27.9 Å². The van der Waals surface area contributed by atoms with Crippen LogP contribution in [0, 0.1) is 5.82 Å². The molecule has 138 valence electrons. The van der Waals surface area contributed by atoms with Crippen molar-refractivity contribution in [3.05, 3.63) is 83.6 Å². The van der Waals surface area contributed by atoms with Crippen molar-refractivity contribution in [3.8, 4) is 5.75 Å². The van der Waals surface area contributed by atoms with Crippen LogP contribution in [0.25, 0.3) is 0 Å². The fourth-order valence-corrected chi connectivity index (χ4v) is 2.40. The summed E-state index contributed by atoms with van der Waals surface area (Å²) in [6.45, 7) is 0.0281. The topological polar surface area (TPSA) is 77.8 Å². The zero-order valence-electron chi connectivity index (χ0n) is 14.4. The number of halogens is 1. The molecule has 1 heterocycles. The first-order valence-corrected chi connectivity index (χ1v) is 8.01. The van der Waals surface area contributed by atoms with Gasteiger partial charge in [-0.25, -0.2) is 9.18 Å². The monoisotopic (exact) mass is 369 g/mol. The molecule has 1 aromatic heterocycles. The lowest BCUT2D eigenvalue weighted by Gasteiger charge is -2.11. The van der Waals surface area contributed by atoms with Gasteiger partial charge in [-0.15, -0.1) is 0 Å². The molecule has 0 saturated heterocycles. The molecule has 6 nitrogen and oxygen atoms in total. The Hall–Kier alpha value is -3.61. The van der Waals surface area contributed by atoms with Gasteiger partial charge in [0, 0.05) is 17.3 Å². The van der Waals surface area contributed by atoms with Gasteiger partial charge >= 0.3 is 5.97 Å². The van der Waals surface area contributed by atoms with Gasteiger partial charge in [0.25, 0.3) is 5.91 Å². The SMILES string of the molecule is COC(=O)c1cc(F)ccc1COc1cccc(NC(=O)c2ccco2)c1. The highest BCUT2D eigenvalue weighted by atomic mass is 19.1. The minimum Gasteiger partial charge on any atom is -0.489 e. The number of rotatable bonds is 6. The van der Waals surface area contributed by atoms with E-state index in [1.165, 1.54) is 25.5 Å². The second kappa shape index (κ2) is 8.18. The first kappa shape index (κ1) is 18.2. The van der Waals surface area contributed by atoms with E-state index in [1.54, 1.807) is 36.4 Å². The molecule has 0 saturated carbocycles. The lowest BCUT2D eigenvalue weighted by Crippen LogP contribution is -2.11. The molecule has 2 aromatic carbocycles. The Balaban J connectivity index is 1.70. The van der Waals surface area contributed by atoms with E-state index in [0.717, 1.165) is 6.07 Å². The Morgan fingerprint density at radius 1 is 1.11 bits per heavy atom. The quantitative estimate of drug-likeness (QED) is 0.664. The number of amides is 1. The molecule has 1 N–H and O–H groups in total. The number of anilines is 1. The van der Waals surface area contributed by atoms with Crippen LogP contribution in [-0.4, -0.2) is 19.0 Å². The van der Waals surface area contributed by atoms with Gasteiger partial charge in [0.05, 0.1) is 18.9 Å². The Morgan fingerprint density at radius 2 is 1.96 bits per heavy atom. The van der Waals surface area contributed by atoms with Crippen LogP contribution >= 0.6 is 0 Å². The third kappa shape index (κ3) is 4.52. The molecule has 0 bridgehead atoms. The highest BCUT2D eigenvalue weighted by Gasteiger charge is 2.14. The van der Waals surface area contributed by atoms with Crippen LogP contribution in [0.1, 0.15) is 26.5 Å². The maximum absolute atomic E-state index is 13.4. The number of methoxy groups -OCH3 is 1. The van der Waals surface area contributed by atoms with E-state index in [9.17, 15) is 14.0 Å². The molecular formula is C20H16FNO5. The van der Waals surface area contributed by atoms with E-state index in [2.05, 4.69) is 10.1 Å². The second-order valence-electron chi connectivity index (χ2n) is 5.54. The molecule has 7 heteroatoms. The number of hydrogen-bond acceptors (Lipinski definition) is 5. The summed E-state index contributed by atoms with van der Waals surface area (Å²) >= 11 is 0. The third-order valence-electron chi connectivity index (χ3n) is 3.71. The van der Waals surface area contributed by atoms with Crippen molar-refractivity contribution in [1.82, 2.24) is 0 Å². The molecule has 0 spiro atoms. The smallest absolute Gasteiger partial charge is 0.338 e. The highest BCUT2D eigenvalue weighted by Crippen LogP contribution is 2.21. The molecule has 0 aliphatic carbocycles. The van der Waals surface area contributed by atoms with E-state index >= 15 is 0 Å². The van der Waals surface area contributed by atoms with Gasteiger partial charge in [-0.2, -0.15) is 0 Å². The summed E-state index contributed by atoms with van der Waals surface area (Å²) in [5, 5.41) is 2.69. The van der Waals surface area contributed by atoms with Crippen molar-refractivity contribution in [3.63, 3.8) is 0 Å². The van der Waals surface area contributed by atoms with Crippen LogP contribution in [0.15, 0.2) is 65.3 Å². The number of hydrogen-bond donors (Lipinski definition) is 1. The molecule has 0 unspecified atom stereocenters. The van der Waals surface area contributed by atoms with E-state index in [4.69, 9.17) is 9.15 Å². The Bertz CT molecular complexity index is 953. The average Bonchev–Trinajstić information content (AvgIpc) is 3.21. The maximum atomic E-state index is 13.4. The van der Waals surface area contributed by atoms with Crippen molar-refractivity contribution in [2.24, 2.45) is 0 Å². The van der Waals surface area contributed by atoms with E-state index < -0.39 is 11.8 Å². The second-order valence-corrected chi connectivity index (χ2v) is 5.54. The van der Waals surface area contributed by atoms with Crippen molar-refractivity contribution >= 4 is 17.6 Å². The number of furan rings is 1. The van der Waals surface area contributed by atoms with Gasteiger partial charge < -0.3 is 19.2 Å². The van der Waals surface area contributed by atoms with Crippen LogP contribution in [0.3, 0.4) is 0 Å². The number of nitrogens with one attached hydrogen (secondary N) is 1. The van der Waals surface area contributed by atoms with Crippen LogP contribution in [0.2, 0.25) is 0 Å².